The van der Waals surface area contributed by atoms with Crippen LogP contribution < -0.4 is 0 Å². The van der Waals surface area contributed by atoms with E-state index in [2.05, 4.69) is 25.9 Å². The summed E-state index contributed by atoms with van der Waals surface area (Å²) in [5, 5.41) is 0.807. The van der Waals surface area contributed by atoms with Gasteiger partial charge in [0.1, 0.15) is 6.33 Å². The molecule has 0 fully saturated rings. The summed E-state index contributed by atoms with van der Waals surface area (Å²) in [5.41, 5.74) is 2.19. The molecule has 0 unspecified atom stereocenters. The van der Waals surface area contributed by atoms with Crippen molar-refractivity contribution in [3.05, 3.63) is 23.8 Å². The normalized spacial score (nSPS) is 9.56. The van der Waals surface area contributed by atoms with E-state index < -0.39 is 0 Å². The van der Waals surface area contributed by atoms with Crippen molar-refractivity contribution in [3.8, 4) is 0 Å². The summed E-state index contributed by atoms with van der Waals surface area (Å²) in [6.45, 7) is 2.00. The van der Waals surface area contributed by atoms with E-state index in [-0.39, 0.29) is 0 Å². The molecule has 0 aliphatic rings. The summed E-state index contributed by atoms with van der Waals surface area (Å²) in [4.78, 5) is 7.90. The maximum Gasteiger partial charge on any atom is 0.115 e. The topological polar surface area (TPSA) is 25.8 Å². The standard InChI is InChI=1S/C6H7BrN2/c1-5-3-8-4-9-6(5)2-7/h3-4H,2H2,1H3. The second kappa shape index (κ2) is 2.92. The molecule has 1 heterocycles. The van der Waals surface area contributed by atoms with E-state index in [1.165, 1.54) is 0 Å². The van der Waals surface area contributed by atoms with Gasteiger partial charge < -0.3 is 0 Å². The average molecular weight is 187 g/mol. The molecule has 1 aromatic heterocycles. The number of alkyl halides is 1. The van der Waals surface area contributed by atoms with Crippen LogP contribution in [0.25, 0.3) is 0 Å². The number of nitrogens with zero attached hydrogens (tertiary/aromatic N) is 2. The Kier molecular flexibility index (Phi) is 2.16. The predicted octanol–water partition coefficient (Wildman–Crippen LogP) is 1.68. The summed E-state index contributed by atoms with van der Waals surface area (Å²) in [7, 11) is 0. The van der Waals surface area contributed by atoms with Gasteiger partial charge in [-0.3, -0.25) is 0 Å². The smallest absolute Gasteiger partial charge is 0.115 e. The number of hydrogen-bond donors (Lipinski definition) is 0. The van der Waals surface area contributed by atoms with Crippen molar-refractivity contribution < 1.29 is 0 Å². The van der Waals surface area contributed by atoms with Crippen molar-refractivity contribution in [3.63, 3.8) is 0 Å². The minimum Gasteiger partial charge on any atom is -0.245 e. The lowest BCUT2D eigenvalue weighted by Gasteiger charge is -1.95. The van der Waals surface area contributed by atoms with Gasteiger partial charge in [0.2, 0.25) is 0 Å². The SMILES string of the molecule is Cc1cncnc1CBr. The van der Waals surface area contributed by atoms with Crippen molar-refractivity contribution in [2.45, 2.75) is 12.3 Å². The van der Waals surface area contributed by atoms with Gasteiger partial charge in [-0.1, -0.05) is 15.9 Å². The molecule has 2 nitrogen and oxygen atoms in total. The average Bonchev–Trinajstić information content (AvgIpc) is 1.89. The summed E-state index contributed by atoms with van der Waals surface area (Å²) in [6, 6.07) is 0. The first kappa shape index (κ1) is 6.68. The summed E-state index contributed by atoms with van der Waals surface area (Å²) >= 11 is 3.32. The van der Waals surface area contributed by atoms with Crippen molar-refractivity contribution in [1.29, 1.82) is 0 Å². The van der Waals surface area contributed by atoms with Gasteiger partial charge in [-0.15, -0.1) is 0 Å². The molecule has 0 aliphatic carbocycles. The number of aryl methyl sites for hydroxylation is 1. The lowest BCUT2D eigenvalue weighted by Crippen LogP contribution is -1.89. The molecule has 48 valence electrons. The lowest BCUT2D eigenvalue weighted by atomic mass is 10.3. The maximum atomic E-state index is 4.04. The van der Waals surface area contributed by atoms with Crippen LogP contribution in [0.15, 0.2) is 12.5 Å². The summed E-state index contributed by atoms with van der Waals surface area (Å²) in [6.07, 6.45) is 3.37. The lowest BCUT2D eigenvalue weighted by molar-refractivity contribution is 1.05. The number of halogens is 1. The van der Waals surface area contributed by atoms with Gasteiger partial charge in [0.05, 0.1) is 5.69 Å². The monoisotopic (exact) mass is 186 g/mol. The van der Waals surface area contributed by atoms with Crippen LogP contribution in [-0.2, 0) is 5.33 Å². The van der Waals surface area contributed by atoms with Crippen LogP contribution >= 0.6 is 15.9 Å². The molecule has 1 rings (SSSR count). The number of rotatable bonds is 1. The first-order valence-corrected chi connectivity index (χ1v) is 3.78. The van der Waals surface area contributed by atoms with Crippen LogP contribution in [0.3, 0.4) is 0 Å². The zero-order valence-corrected chi connectivity index (χ0v) is 6.72. The van der Waals surface area contributed by atoms with E-state index >= 15 is 0 Å². The van der Waals surface area contributed by atoms with Crippen LogP contribution in [-0.4, -0.2) is 9.97 Å². The fourth-order valence-electron chi connectivity index (χ4n) is 0.564. The highest BCUT2D eigenvalue weighted by molar-refractivity contribution is 9.08. The minimum atomic E-state index is 0.807. The molecule has 0 aromatic carbocycles. The van der Waals surface area contributed by atoms with Crippen molar-refractivity contribution in [1.82, 2.24) is 9.97 Å². The van der Waals surface area contributed by atoms with Gasteiger partial charge >= 0.3 is 0 Å². The van der Waals surface area contributed by atoms with Crippen LogP contribution in [0.5, 0.6) is 0 Å². The Morgan fingerprint density at radius 1 is 1.67 bits per heavy atom. The fourth-order valence-corrected chi connectivity index (χ4v) is 1.15. The number of aromatic nitrogens is 2. The third-order valence-electron chi connectivity index (χ3n) is 1.13. The molecule has 0 N–H and O–H groups in total. The van der Waals surface area contributed by atoms with E-state index in [1.807, 2.05) is 13.1 Å². The molecule has 0 bridgehead atoms. The third kappa shape index (κ3) is 1.48. The van der Waals surface area contributed by atoms with E-state index in [4.69, 9.17) is 0 Å². The Morgan fingerprint density at radius 3 is 2.89 bits per heavy atom. The van der Waals surface area contributed by atoms with Gasteiger partial charge in [-0.2, -0.15) is 0 Å². The van der Waals surface area contributed by atoms with Crippen LogP contribution in [0.4, 0.5) is 0 Å². The minimum absolute atomic E-state index is 0.807. The first-order chi connectivity index (χ1) is 4.34. The molecule has 9 heavy (non-hydrogen) atoms. The molecule has 3 heteroatoms. The van der Waals surface area contributed by atoms with Crippen molar-refractivity contribution >= 4 is 15.9 Å². The molecule has 1 aromatic rings. The Labute approximate surface area is 62.5 Å². The first-order valence-electron chi connectivity index (χ1n) is 2.66. The second-order valence-corrected chi connectivity index (χ2v) is 2.35. The maximum absolute atomic E-state index is 4.04. The van der Waals surface area contributed by atoms with E-state index in [9.17, 15) is 0 Å². The van der Waals surface area contributed by atoms with E-state index in [0.29, 0.717) is 0 Å². The van der Waals surface area contributed by atoms with Crippen molar-refractivity contribution in [2.75, 3.05) is 0 Å². The highest BCUT2D eigenvalue weighted by atomic mass is 79.9. The van der Waals surface area contributed by atoms with E-state index in [1.54, 1.807) is 6.33 Å². The van der Waals surface area contributed by atoms with Gasteiger partial charge in [0, 0.05) is 11.5 Å². The third-order valence-corrected chi connectivity index (χ3v) is 1.66. The summed E-state index contributed by atoms with van der Waals surface area (Å²) < 4.78 is 0. The van der Waals surface area contributed by atoms with Crippen LogP contribution in [0, 0.1) is 6.92 Å². The van der Waals surface area contributed by atoms with Crippen molar-refractivity contribution in [2.24, 2.45) is 0 Å². The van der Waals surface area contributed by atoms with E-state index in [0.717, 1.165) is 16.6 Å². The largest absolute Gasteiger partial charge is 0.245 e. The second-order valence-electron chi connectivity index (χ2n) is 1.79. The van der Waals surface area contributed by atoms with Crippen LogP contribution in [0.2, 0.25) is 0 Å². The Morgan fingerprint density at radius 2 is 2.44 bits per heavy atom. The fraction of sp³-hybridized carbons (Fsp3) is 0.333. The predicted molar refractivity (Wildman–Crippen MR) is 39.4 cm³/mol. The molecular formula is C6H7BrN2. The molecular weight excluding hydrogens is 180 g/mol. The molecule has 0 saturated heterocycles. The summed E-state index contributed by atoms with van der Waals surface area (Å²) in [5.74, 6) is 0. The number of hydrogen-bond acceptors (Lipinski definition) is 2. The quantitative estimate of drug-likeness (QED) is 0.625. The van der Waals surface area contributed by atoms with Crippen LogP contribution in [0.1, 0.15) is 11.3 Å². The molecule has 0 saturated carbocycles. The highest BCUT2D eigenvalue weighted by Crippen LogP contribution is 2.04. The highest BCUT2D eigenvalue weighted by Gasteiger charge is 1.93. The zero-order chi connectivity index (χ0) is 6.69. The molecule has 0 spiro atoms. The zero-order valence-electron chi connectivity index (χ0n) is 5.13. The Balaban J connectivity index is 3.01. The van der Waals surface area contributed by atoms with Gasteiger partial charge in [0.15, 0.2) is 0 Å². The molecule has 0 radical (unpaired) electrons. The van der Waals surface area contributed by atoms with Gasteiger partial charge in [0.25, 0.3) is 0 Å². The molecule has 0 amide bonds. The Bertz CT molecular complexity index is 200. The molecule has 0 aliphatic heterocycles. The Hall–Kier alpha value is -0.440. The van der Waals surface area contributed by atoms with Gasteiger partial charge in [-0.05, 0) is 12.5 Å². The molecule has 0 atom stereocenters. The van der Waals surface area contributed by atoms with Gasteiger partial charge in [-0.25, -0.2) is 9.97 Å².